The molecule has 5 atom stereocenters. The van der Waals surface area contributed by atoms with E-state index in [0.29, 0.717) is 12.3 Å². The van der Waals surface area contributed by atoms with Crippen molar-refractivity contribution in [3.63, 3.8) is 0 Å². The molecule has 0 aromatic carbocycles. The van der Waals surface area contributed by atoms with Crippen molar-refractivity contribution >= 4 is 5.97 Å². The third-order valence-electron chi connectivity index (χ3n) is 5.25. The molecular weight excluding hydrogens is 316 g/mol. The largest absolute Gasteiger partial charge is 0.481 e. The number of hydrogen-bond donors (Lipinski definition) is 3. The zero-order valence-corrected chi connectivity index (χ0v) is 15.7. The van der Waals surface area contributed by atoms with Gasteiger partial charge < -0.3 is 15.3 Å². The number of carboxylic acids is 1. The Labute approximate surface area is 152 Å². The summed E-state index contributed by atoms with van der Waals surface area (Å²) in [6, 6.07) is 0. The van der Waals surface area contributed by atoms with Crippen LogP contribution in [-0.2, 0) is 4.79 Å². The molecule has 0 aromatic heterocycles. The number of unbranched alkanes of at least 4 members (excludes halogenated alkanes) is 3. The van der Waals surface area contributed by atoms with Crippen LogP contribution < -0.4 is 0 Å². The van der Waals surface area contributed by atoms with Crippen molar-refractivity contribution < 1.29 is 20.1 Å². The summed E-state index contributed by atoms with van der Waals surface area (Å²) in [5, 5.41) is 29.1. The van der Waals surface area contributed by atoms with Crippen LogP contribution in [0.4, 0.5) is 0 Å². The maximum absolute atomic E-state index is 10.5. The van der Waals surface area contributed by atoms with Crippen molar-refractivity contribution in [3.05, 3.63) is 12.2 Å². The lowest BCUT2D eigenvalue weighted by Crippen LogP contribution is -2.19. The predicted molar refractivity (Wildman–Crippen MR) is 99.9 cm³/mol. The summed E-state index contributed by atoms with van der Waals surface area (Å²) >= 11 is 0. The van der Waals surface area contributed by atoms with Gasteiger partial charge in [0.1, 0.15) is 0 Å². The molecular formula is C21H34O4. The van der Waals surface area contributed by atoms with Gasteiger partial charge in [0, 0.05) is 18.8 Å². The smallest absolute Gasteiger partial charge is 0.303 e. The number of aliphatic hydroxyl groups excluding tert-OH is 2. The summed E-state index contributed by atoms with van der Waals surface area (Å²) in [7, 11) is 0. The molecule has 0 amide bonds. The minimum atomic E-state index is -0.721. The van der Waals surface area contributed by atoms with E-state index in [2.05, 4.69) is 11.8 Å². The van der Waals surface area contributed by atoms with Gasteiger partial charge in [0.15, 0.2) is 0 Å². The Morgan fingerprint density at radius 1 is 1.24 bits per heavy atom. The number of carbonyl (C=O) groups is 1. The molecule has 4 nitrogen and oxygen atoms in total. The average Bonchev–Trinajstić information content (AvgIpc) is 2.93. The molecule has 25 heavy (non-hydrogen) atoms. The molecule has 0 aliphatic heterocycles. The number of rotatable bonds is 11. The van der Waals surface area contributed by atoms with Gasteiger partial charge in [-0.05, 0) is 44.4 Å². The van der Waals surface area contributed by atoms with Crippen molar-refractivity contribution in [2.75, 3.05) is 0 Å². The number of aliphatic carboxylic acids is 1. The maximum atomic E-state index is 10.5. The molecule has 0 radical (unpaired) electrons. The first kappa shape index (κ1) is 21.7. The van der Waals surface area contributed by atoms with Crippen molar-refractivity contribution in [1.29, 1.82) is 0 Å². The van der Waals surface area contributed by atoms with E-state index in [1.807, 2.05) is 19.1 Å². The van der Waals surface area contributed by atoms with Gasteiger partial charge in [0.25, 0.3) is 0 Å². The minimum absolute atomic E-state index is 0.0925. The molecule has 3 N–H and O–H groups in total. The molecule has 1 fully saturated rings. The first-order valence-electron chi connectivity index (χ1n) is 9.61. The fourth-order valence-electron chi connectivity index (χ4n) is 3.56. The summed E-state index contributed by atoms with van der Waals surface area (Å²) in [4.78, 5) is 10.5. The van der Waals surface area contributed by atoms with E-state index in [-0.39, 0.29) is 24.4 Å². The summed E-state index contributed by atoms with van der Waals surface area (Å²) in [6.45, 7) is 3.79. The molecule has 142 valence electrons. The second kappa shape index (κ2) is 12.1. The zero-order chi connectivity index (χ0) is 18.7. The van der Waals surface area contributed by atoms with Gasteiger partial charge in [-0.2, -0.15) is 0 Å². The minimum Gasteiger partial charge on any atom is -0.481 e. The van der Waals surface area contributed by atoms with E-state index in [1.54, 1.807) is 6.92 Å². The van der Waals surface area contributed by atoms with E-state index >= 15 is 0 Å². The number of hydrogen-bond acceptors (Lipinski definition) is 3. The predicted octanol–water partition coefficient (Wildman–Crippen LogP) is 3.77. The molecule has 1 rings (SSSR count). The molecule has 4 heteroatoms. The van der Waals surface area contributed by atoms with Gasteiger partial charge in [-0.15, -0.1) is 11.8 Å². The third kappa shape index (κ3) is 8.56. The van der Waals surface area contributed by atoms with Crippen LogP contribution in [0.5, 0.6) is 0 Å². The summed E-state index contributed by atoms with van der Waals surface area (Å²) in [6.07, 6.45) is 10.7. The highest BCUT2D eigenvalue weighted by Gasteiger charge is 2.32. The van der Waals surface area contributed by atoms with Crippen molar-refractivity contribution in [2.45, 2.75) is 83.8 Å². The van der Waals surface area contributed by atoms with Gasteiger partial charge in [-0.3, -0.25) is 4.79 Å². The fourth-order valence-corrected chi connectivity index (χ4v) is 3.56. The van der Waals surface area contributed by atoms with Crippen LogP contribution in [0.1, 0.15) is 71.6 Å². The van der Waals surface area contributed by atoms with E-state index < -0.39 is 12.1 Å². The summed E-state index contributed by atoms with van der Waals surface area (Å²) in [5.74, 6) is 5.80. The Bertz CT molecular complexity index is 474. The van der Waals surface area contributed by atoms with Gasteiger partial charge in [0.05, 0.1) is 12.2 Å². The molecule has 0 heterocycles. The standard InChI is InChI=1S/C21H34O4/c1-3-4-9-16(2)19(22)15-13-18-17(12-14-20(18)23)10-7-5-6-8-11-21(24)25/h13,15-20,22-23H,5-12,14H2,1-2H3,(H,24,25)/t16?,17-,18+,19?,20?/m0/s1. The molecule has 1 aliphatic rings. The van der Waals surface area contributed by atoms with Crippen LogP contribution in [0.2, 0.25) is 0 Å². The zero-order valence-electron chi connectivity index (χ0n) is 15.7. The summed E-state index contributed by atoms with van der Waals surface area (Å²) in [5.41, 5.74) is 0. The lowest BCUT2D eigenvalue weighted by Gasteiger charge is -2.20. The van der Waals surface area contributed by atoms with E-state index in [9.17, 15) is 15.0 Å². The Hall–Kier alpha value is -1.31. The Kier molecular flexibility index (Phi) is 10.5. The Balaban J connectivity index is 2.38. The maximum Gasteiger partial charge on any atom is 0.303 e. The second-order valence-electron chi connectivity index (χ2n) is 7.31. The summed E-state index contributed by atoms with van der Waals surface area (Å²) < 4.78 is 0. The van der Waals surface area contributed by atoms with Crippen LogP contribution >= 0.6 is 0 Å². The normalized spacial score (nSPS) is 25.5. The molecule has 1 aliphatic carbocycles. The van der Waals surface area contributed by atoms with Crippen molar-refractivity contribution in [1.82, 2.24) is 0 Å². The monoisotopic (exact) mass is 350 g/mol. The molecule has 0 saturated heterocycles. The fraction of sp³-hybridized carbons (Fsp3) is 0.762. The topological polar surface area (TPSA) is 77.8 Å². The molecule has 3 unspecified atom stereocenters. The lowest BCUT2D eigenvalue weighted by molar-refractivity contribution is -0.137. The molecule has 0 bridgehead atoms. The van der Waals surface area contributed by atoms with Crippen molar-refractivity contribution in [3.8, 4) is 11.8 Å². The quantitative estimate of drug-likeness (QED) is 0.301. The average molecular weight is 350 g/mol. The van der Waals surface area contributed by atoms with Crippen LogP contribution in [0, 0.1) is 29.6 Å². The van der Waals surface area contributed by atoms with E-state index in [4.69, 9.17) is 5.11 Å². The number of aliphatic hydroxyl groups is 2. The van der Waals surface area contributed by atoms with Crippen LogP contribution in [0.25, 0.3) is 0 Å². The van der Waals surface area contributed by atoms with Gasteiger partial charge in [-0.25, -0.2) is 0 Å². The van der Waals surface area contributed by atoms with Crippen molar-refractivity contribution in [2.24, 2.45) is 17.8 Å². The van der Waals surface area contributed by atoms with E-state index in [0.717, 1.165) is 44.9 Å². The van der Waals surface area contributed by atoms with E-state index in [1.165, 1.54) is 0 Å². The first-order valence-corrected chi connectivity index (χ1v) is 9.61. The van der Waals surface area contributed by atoms with Crippen LogP contribution in [-0.4, -0.2) is 33.5 Å². The van der Waals surface area contributed by atoms with Crippen LogP contribution in [0.3, 0.4) is 0 Å². The van der Waals surface area contributed by atoms with Crippen LogP contribution in [0.15, 0.2) is 12.2 Å². The highest BCUT2D eigenvalue weighted by molar-refractivity contribution is 5.66. The SMILES string of the molecule is CC#CCC(C)C(O)C=C[C@H]1C(O)CC[C@@H]1CCCCCCC(=O)O. The highest BCUT2D eigenvalue weighted by atomic mass is 16.4. The Morgan fingerprint density at radius 2 is 1.96 bits per heavy atom. The lowest BCUT2D eigenvalue weighted by atomic mass is 9.88. The second-order valence-corrected chi connectivity index (χ2v) is 7.31. The molecule has 1 saturated carbocycles. The van der Waals surface area contributed by atoms with Gasteiger partial charge in [-0.1, -0.05) is 38.3 Å². The molecule has 0 spiro atoms. The van der Waals surface area contributed by atoms with Gasteiger partial charge in [0.2, 0.25) is 0 Å². The third-order valence-corrected chi connectivity index (χ3v) is 5.25. The highest BCUT2D eigenvalue weighted by Crippen LogP contribution is 2.37. The Morgan fingerprint density at radius 3 is 2.64 bits per heavy atom. The number of carboxylic acid groups (broad SMARTS) is 1. The van der Waals surface area contributed by atoms with Gasteiger partial charge >= 0.3 is 5.97 Å². The first-order chi connectivity index (χ1) is 12.0. The molecule has 0 aromatic rings.